The third-order valence-corrected chi connectivity index (χ3v) is 4.52. The zero-order valence-electron chi connectivity index (χ0n) is 12.2. The number of hydrazine groups is 1. The van der Waals surface area contributed by atoms with Gasteiger partial charge >= 0.3 is 0 Å². The van der Waals surface area contributed by atoms with Crippen LogP contribution in [0.2, 0.25) is 0 Å². The molecule has 2 atom stereocenters. The van der Waals surface area contributed by atoms with E-state index in [1.165, 1.54) is 0 Å². The monoisotopic (exact) mass is 294 g/mol. The second-order valence-corrected chi connectivity index (χ2v) is 5.80. The second kappa shape index (κ2) is 6.88. The first-order valence-electron chi connectivity index (χ1n) is 6.80. The Kier molecular flexibility index (Phi) is 5.17. The van der Waals surface area contributed by atoms with E-state index in [9.17, 15) is 0 Å². The van der Waals surface area contributed by atoms with Gasteiger partial charge in [0.25, 0.3) is 0 Å². The van der Waals surface area contributed by atoms with Gasteiger partial charge in [0.05, 0.1) is 18.8 Å². The van der Waals surface area contributed by atoms with Crippen molar-refractivity contribution in [3.8, 4) is 5.75 Å². The third-order valence-electron chi connectivity index (χ3n) is 3.50. The fraction of sp³-hybridized carbons (Fsp3) is 0.500. The summed E-state index contributed by atoms with van der Waals surface area (Å²) in [6.07, 6.45) is 3.87. The van der Waals surface area contributed by atoms with Gasteiger partial charge in [-0.05, 0) is 25.5 Å². The van der Waals surface area contributed by atoms with E-state index in [1.807, 2.05) is 22.3 Å². The fourth-order valence-electron chi connectivity index (χ4n) is 1.99. The van der Waals surface area contributed by atoms with Gasteiger partial charge in [-0.3, -0.25) is 16.0 Å². The average molecular weight is 294 g/mol. The highest BCUT2D eigenvalue weighted by atomic mass is 32.1. The largest absolute Gasteiger partial charge is 0.496 e. The number of nitrogens with two attached hydrogens (primary N) is 1. The van der Waals surface area contributed by atoms with Crippen LogP contribution in [0.3, 0.4) is 0 Å². The molecule has 2 aromatic rings. The van der Waals surface area contributed by atoms with Gasteiger partial charge < -0.3 is 4.74 Å². The van der Waals surface area contributed by atoms with Crippen molar-refractivity contribution < 1.29 is 4.74 Å². The van der Waals surface area contributed by atoms with Gasteiger partial charge in [0, 0.05) is 28.9 Å². The Morgan fingerprint density at radius 3 is 2.95 bits per heavy atom. The molecule has 0 aliphatic heterocycles. The van der Waals surface area contributed by atoms with E-state index >= 15 is 0 Å². The third kappa shape index (κ3) is 3.39. The molecule has 2 aromatic heterocycles. The van der Waals surface area contributed by atoms with Crippen LogP contribution in [0.5, 0.6) is 5.75 Å². The summed E-state index contributed by atoms with van der Waals surface area (Å²) in [7, 11) is 1.67. The van der Waals surface area contributed by atoms with E-state index < -0.39 is 0 Å². The first kappa shape index (κ1) is 15.0. The molecule has 5 nitrogen and oxygen atoms in total. The Morgan fingerprint density at radius 1 is 1.55 bits per heavy atom. The summed E-state index contributed by atoms with van der Waals surface area (Å²) in [5.41, 5.74) is 3.90. The van der Waals surface area contributed by atoms with Crippen LogP contribution >= 0.6 is 11.3 Å². The summed E-state index contributed by atoms with van der Waals surface area (Å²) in [4.78, 5) is 1.16. The molecule has 2 unspecified atom stereocenters. The molecule has 110 valence electrons. The van der Waals surface area contributed by atoms with Gasteiger partial charge in [-0.25, -0.2) is 0 Å². The van der Waals surface area contributed by atoms with E-state index in [4.69, 9.17) is 10.6 Å². The van der Waals surface area contributed by atoms with Crippen LogP contribution in [-0.4, -0.2) is 16.9 Å². The molecule has 3 N–H and O–H groups in total. The van der Waals surface area contributed by atoms with Gasteiger partial charge in [0.15, 0.2) is 0 Å². The molecule has 20 heavy (non-hydrogen) atoms. The smallest absolute Gasteiger partial charge is 0.129 e. The summed E-state index contributed by atoms with van der Waals surface area (Å²) in [6, 6.07) is 4.56. The number of nitrogens with one attached hydrogen (secondary N) is 1. The van der Waals surface area contributed by atoms with Crippen LogP contribution in [0.25, 0.3) is 0 Å². The lowest BCUT2D eigenvalue weighted by atomic mass is 10.1. The summed E-state index contributed by atoms with van der Waals surface area (Å²) >= 11 is 1.64. The van der Waals surface area contributed by atoms with Gasteiger partial charge in [-0.2, -0.15) is 5.10 Å². The van der Waals surface area contributed by atoms with Crippen LogP contribution in [0.15, 0.2) is 23.7 Å². The Bertz CT molecular complexity index is 537. The molecule has 6 heteroatoms. The SMILES string of the molecule is CCC(C)n1ccc(CC(NN)c2cc(OC)cs2)n1. The summed E-state index contributed by atoms with van der Waals surface area (Å²) in [5.74, 6) is 6.55. The maximum atomic E-state index is 5.68. The normalized spacial score (nSPS) is 14.2. The highest BCUT2D eigenvalue weighted by Gasteiger charge is 2.15. The minimum absolute atomic E-state index is 0.0594. The Hall–Kier alpha value is -1.37. The van der Waals surface area contributed by atoms with Crippen molar-refractivity contribution >= 4 is 11.3 Å². The van der Waals surface area contributed by atoms with Gasteiger partial charge in [0.1, 0.15) is 5.75 Å². The molecular formula is C14H22N4OS. The zero-order chi connectivity index (χ0) is 14.5. The van der Waals surface area contributed by atoms with Gasteiger partial charge in [0.2, 0.25) is 0 Å². The summed E-state index contributed by atoms with van der Waals surface area (Å²) in [6.45, 7) is 4.33. The molecule has 0 aliphatic carbocycles. The van der Waals surface area contributed by atoms with Gasteiger partial charge in [-0.15, -0.1) is 11.3 Å². The predicted molar refractivity (Wildman–Crippen MR) is 81.9 cm³/mol. The van der Waals surface area contributed by atoms with Crippen molar-refractivity contribution in [3.63, 3.8) is 0 Å². The molecule has 0 aliphatic rings. The number of thiophene rings is 1. The number of aromatic nitrogens is 2. The Balaban J connectivity index is 2.08. The molecule has 0 aromatic carbocycles. The van der Waals surface area contributed by atoms with Crippen molar-refractivity contribution in [1.82, 2.24) is 15.2 Å². The van der Waals surface area contributed by atoms with E-state index in [0.717, 1.165) is 29.2 Å². The lowest BCUT2D eigenvalue weighted by molar-refractivity contribution is 0.415. The summed E-state index contributed by atoms with van der Waals surface area (Å²) < 4.78 is 7.22. The average Bonchev–Trinajstić information content (AvgIpc) is 3.12. The zero-order valence-corrected chi connectivity index (χ0v) is 13.0. The van der Waals surface area contributed by atoms with Crippen molar-refractivity contribution in [2.75, 3.05) is 7.11 Å². The topological polar surface area (TPSA) is 65.1 Å². The van der Waals surface area contributed by atoms with E-state index in [0.29, 0.717) is 6.04 Å². The van der Waals surface area contributed by atoms with Crippen molar-refractivity contribution in [2.45, 2.75) is 38.8 Å². The number of ether oxygens (including phenoxy) is 1. The minimum atomic E-state index is 0.0594. The standard InChI is InChI=1S/C14H22N4OS/c1-4-10(2)18-6-5-11(17-18)7-13(16-15)14-8-12(19-3)9-20-14/h5-6,8-10,13,16H,4,7,15H2,1-3H3. The van der Waals surface area contributed by atoms with E-state index in [2.05, 4.69) is 30.4 Å². The molecular weight excluding hydrogens is 272 g/mol. The Labute approximate surface area is 123 Å². The molecule has 0 saturated heterocycles. The number of nitrogens with zero attached hydrogens (tertiary/aromatic N) is 2. The fourth-order valence-corrected chi connectivity index (χ4v) is 2.91. The molecule has 0 amide bonds. The van der Waals surface area contributed by atoms with Crippen LogP contribution in [0.1, 0.15) is 42.9 Å². The van der Waals surface area contributed by atoms with Crippen molar-refractivity contribution in [3.05, 3.63) is 34.3 Å². The maximum absolute atomic E-state index is 5.68. The highest BCUT2D eigenvalue weighted by Crippen LogP contribution is 2.28. The molecule has 0 radical (unpaired) electrons. The van der Waals surface area contributed by atoms with Crippen molar-refractivity contribution in [1.29, 1.82) is 0 Å². The maximum Gasteiger partial charge on any atom is 0.129 e. The first-order valence-corrected chi connectivity index (χ1v) is 7.68. The molecule has 2 heterocycles. The van der Waals surface area contributed by atoms with Crippen LogP contribution in [0, 0.1) is 0 Å². The van der Waals surface area contributed by atoms with Crippen molar-refractivity contribution in [2.24, 2.45) is 5.84 Å². The predicted octanol–water partition coefficient (Wildman–Crippen LogP) is 2.67. The van der Waals surface area contributed by atoms with Crippen LogP contribution in [0.4, 0.5) is 0 Å². The summed E-state index contributed by atoms with van der Waals surface area (Å²) in [5, 5.41) is 6.60. The highest BCUT2D eigenvalue weighted by molar-refractivity contribution is 7.10. The molecule has 2 rings (SSSR count). The number of methoxy groups -OCH3 is 1. The first-order chi connectivity index (χ1) is 9.67. The number of hydrogen-bond acceptors (Lipinski definition) is 5. The number of hydrogen-bond donors (Lipinski definition) is 2. The molecule has 0 bridgehead atoms. The molecule has 0 fully saturated rings. The lowest BCUT2D eigenvalue weighted by Crippen LogP contribution is -2.29. The molecule has 0 saturated carbocycles. The van der Waals surface area contributed by atoms with Crippen LogP contribution < -0.4 is 16.0 Å². The number of rotatable bonds is 7. The minimum Gasteiger partial charge on any atom is -0.496 e. The Morgan fingerprint density at radius 2 is 2.35 bits per heavy atom. The molecule has 0 spiro atoms. The quantitative estimate of drug-likeness (QED) is 0.608. The second-order valence-electron chi connectivity index (χ2n) is 4.86. The van der Waals surface area contributed by atoms with Crippen LogP contribution in [-0.2, 0) is 6.42 Å². The lowest BCUT2D eigenvalue weighted by Gasteiger charge is -2.13. The van der Waals surface area contributed by atoms with E-state index in [-0.39, 0.29) is 6.04 Å². The van der Waals surface area contributed by atoms with E-state index in [1.54, 1.807) is 18.4 Å². The van der Waals surface area contributed by atoms with Gasteiger partial charge in [-0.1, -0.05) is 6.92 Å².